The molecule has 24 heavy (non-hydrogen) atoms. The van der Waals surface area contributed by atoms with Gasteiger partial charge in [-0.3, -0.25) is 4.68 Å². The summed E-state index contributed by atoms with van der Waals surface area (Å²) in [4.78, 5) is 11.8. The first-order chi connectivity index (χ1) is 11.9. The number of nitrogens with zero attached hydrogens (tertiary/aromatic N) is 5. The van der Waals surface area contributed by atoms with Gasteiger partial charge in [0.25, 0.3) is 0 Å². The maximum atomic E-state index is 8.98. The summed E-state index contributed by atoms with van der Waals surface area (Å²) in [6, 6.07) is 4.59. The van der Waals surface area contributed by atoms with Crippen molar-refractivity contribution in [1.82, 2.24) is 24.7 Å². The van der Waals surface area contributed by atoms with Gasteiger partial charge in [-0.1, -0.05) is 12.8 Å². The summed E-state index contributed by atoms with van der Waals surface area (Å²) in [5.41, 5.74) is 2.74. The highest BCUT2D eigenvalue weighted by molar-refractivity contribution is 5.89. The van der Waals surface area contributed by atoms with Gasteiger partial charge in [0.1, 0.15) is 12.0 Å². The van der Waals surface area contributed by atoms with Gasteiger partial charge in [-0.2, -0.15) is 10.4 Å². The second-order valence-corrected chi connectivity index (χ2v) is 6.48. The summed E-state index contributed by atoms with van der Waals surface area (Å²) in [5, 5.41) is 14.6. The molecule has 1 fully saturated rings. The molecule has 4 rings (SSSR count). The summed E-state index contributed by atoms with van der Waals surface area (Å²) >= 11 is 0. The molecule has 1 N–H and O–H groups in total. The van der Waals surface area contributed by atoms with Crippen LogP contribution in [0.2, 0.25) is 0 Å². The van der Waals surface area contributed by atoms with E-state index < -0.39 is 0 Å². The zero-order valence-electron chi connectivity index (χ0n) is 13.5. The Balaban J connectivity index is 1.67. The van der Waals surface area contributed by atoms with E-state index >= 15 is 0 Å². The first-order valence-electron chi connectivity index (χ1n) is 8.56. The van der Waals surface area contributed by atoms with E-state index in [9.17, 15) is 0 Å². The standard InChI is InChI=1S/C18H20N6/c19-8-3-6-16(13-4-1-2-5-13)24-11-14(10-23-24)17-15-7-9-20-18(15)22-12-21-17/h7,9-13,16H,1-6H2,(H,20,21,22)/t16-/m1/s1. The lowest BCUT2D eigenvalue weighted by Crippen LogP contribution is -2.18. The highest BCUT2D eigenvalue weighted by atomic mass is 15.3. The fourth-order valence-electron chi connectivity index (χ4n) is 3.88. The van der Waals surface area contributed by atoms with Crippen LogP contribution in [0, 0.1) is 17.2 Å². The number of nitriles is 1. The number of rotatable bonds is 5. The second kappa shape index (κ2) is 6.44. The quantitative estimate of drug-likeness (QED) is 0.774. The normalized spacial score (nSPS) is 16.5. The summed E-state index contributed by atoms with van der Waals surface area (Å²) in [7, 11) is 0. The third-order valence-electron chi connectivity index (χ3n) is 5.06. The fourth-order valence-corrected chi connectivity index (χ4v) is 3.88. The van der Waals surface area contributed by atoms with E-state index in [1.165, 1.54) is 25.7 Å². The molecule has 6 nitrogen and oxygen atoms in total. The van der Waals surface area contributed by atoms with Crippen LogP contribution >= 0.6 is 0 Å². The summed E-state index contributed by atoms with van der Waals surface area (Å²) in [6.07, 6.45) is 13.9. The largest absolute Gasteiger partial charge is 0.346 e. The maximum Gasteiger partial charge on any atom is 0.141 e. The van der Waals surface area contributed by atoms with Gasteiger partial charge < -0.3 is 4.98 Å². The molecule has 0 aromatic carbocycles. The molecule has 0 saturated heterocycles. The summed E-state index contributed by atoms with van der Waals surface area (Å²) < 4.78 is 2.06. The molecule has 3 aromatic heterocycles. The van der Waals surface area contributed by atoms with Crippen molar-refractivity contribution in [2.75, 3.05) is 0 Å². The van der Waals surface area contributed by atoms with Crippen LogP contribution in [-0.2, 0) is 0 Å². The Morgan fingerprint density at radius 3 is 3.04 bits per heavy atom. The molecule has 122 valence electrons. The zero-order valence-corrected chi connectivity index (χ0v) is 13.5. The smallest absolute Gasteiger partial charge is 0.141 e. The van der Waals surface area contributed by atoms with Crippen molar-refractivity contribution in [2.45, 2.75) is 44.6 Å². The molecule has 1 aliphatic rings. The molecule has 0 amide bonds. The van der Waals surface area contributed by atoms with Gasteiger partial charge in [0.05, 0.1) is 24.0 Å². The fraction of sp³-hybridized carbons (Fsp3) is 0.444. The molecule has 0 unspecified atom stereocenters. The second-order valence-electron chi connectivity index (χ2n) is 6.48. The van der Waals surface area contributed by atoms with Crippen LogP contribution in [0.25, 0.3) is 22.3 Å². The minimum atomic E-state index is 0.310. The number of H-pyrrole nitrogens is 1. The van der Waals surface area contributed by atoms with Gasteiger partial charge in [-0.25, -0.2) is 9.97 Å². The number of hydrogen-bond donors (Lipinski definition) is 1. The maximum absolute atomic E-state index is 8.98. The lowest BCUT2D eigenvalue weighted by Gasteiger charge is -2.23. The Labute approximate surface area is 140 Å². The number of hydrogen-bond acceptors (Lipinski definition) is 4. The van der Waals surface area contributed by atoms with Gasteiger partial charge in [-0.15, -0.1) is 0 Å². The highest BCUT2D eigenvalue weighted by Crippen LogP contribution is 2.37. The van der Waals surface area contributed by atoms with Crippen LogP contribution in [0.4, 0.5) is 0 Å². The van der Waals surface area contributed by atoms with E-state index in [0.717, 1.165) is 28.7 Å². The van der Waals surface area contributed by atoms with Gasteiger partial charge in [-0.05, 0) is 31.2 Å². The monoisotopic (exact) mass is 320 g/mol. The minimum absolute atomic E-state index is 0.310. The first kappa shape index (κ1) is 14.9. The Hall–Kier alpha value is -2.68. The molecule has 6 heteroatoms. The van der Waals surface area contributed by atoms with Crippen LogP contribution < -0.4 is 0 Å². The van der Waals surface area contributed by atoms with Gasteiger partial charge in [0.2, 0.25) is 0 Å². The highest BCUT2D eigenvalue weighted by Gasteiger charge is 2.27. The Bertz CT molecular complexity index is 865. The SMILES string of the molecule is N#CCC[C@H](C1CCCC1)n1cc(-c2ncnc3[nH]ccc23)cn1. The van der Waals surface area contributed by atoms with Crippen LogP contribution in [0.1, 0.15) is 44.6 Å². The van der Waals surface area contributed by atoms with Crippen molar-refractivity contribution in [3.05, 3.63) is 31.0 Å². The minimum Gasteiger partial charge on any atom is -0.346 e. The van der Waals surface area contributed by atoms with Crippen LogP contribution in [0.15, 0.2) is 31.0 Å². The van der Waals surface area contributed by atoms with Gasteiger partial charge >= 0.3 is 0 Å². The van der Waals surface area contributed by atoms with Crippen LogP contribution in [-0.4, -0.2) is 24.7 Å². The molecule has 3 aromatic rings. The van der Waals surface area contributed by atoms with E-state index in [2.05, 4.69) is 37.0 Å². The molecular weight excluding hydrogens is 300 g/mol. The predicted octanol–water partition coefficient (Wildman–Crippen LogP) is 3.86. The Morgan fingerprint density at radius 1 is 1.33 bits per heavy atom. The van der Waals surface area contributed by atoms with Crippen LogP contribution in [0.5, 0.6) is 0 Å². The molecule has 0 spiro atoms. The van der Waals surface area contributed by atoms with E-state index in [0.29, 0.717) is 18.4 Å². The van der Waals surface area contributed by atoms with Gasteiger partial charge in [0, 0.05) is 29.8 Å². The number of aromatic nitrogens is 5. The van der Waals surface area contributed by atoms with E-state index in [4.69, 9.17) is 5.26 Å². The Kier molecular flexibility index (Phi) is 3.99. The predicted molar refractivity (Wildman–Crippen MR) is 91.0 cm³/mol. The average molecular weight is 320 g/mol. The summed E-state index contributed by atoms with van der Waals surface area (Å²) in [5.74, 6) is 0.628. The topological polar surface area (TPSA) is 83.2 Å². The van der Waals surface area contributed by atoms with Crippen LogP contribution in [0.3, 0.4) is 0 Å². The van der Waals surface area contributed by atoms with Crippen molar-refractivity contribution < 1.29 is 0 Å². The number of aromatic amines is 1. The molecule has 0 radical (unpaired) electrons. The van der Waals surface area contributed by atoms with Crippen molar-refractivity contribution in [2.24, 2.45) is 5.92 Å². The van der Waals surface area contributed by atoms with E-state index in [1.807, 2.05) is 18.5 Å². The molecule has 0 aliphatic heterocycles. The summed E-state index contributed by atoms with van der Waals surface area (Å²) in [6.45, 7) is 0. The first-order valence-corrected chi connectivity index (χ1v) is 8.56. The van der Waals surface area contributed by atoms with Crippen molar-refractivity contribution >= 4 is 11.0 Å². The molecule has 1 saturated carbocycles. The van der Waals surface area contributed by atoms with Crippen molar-refractivity contribution in [3.63, 3.8) is 0 Å². The zero-order chi connectivity index (χ0) is 16.4. The molecule has 0 bridgehead atoms. The molecule has 3 heterocycles. The number of fused-ring (bicyclic) bond motifs is 1. The third kappa shape index (κ3) is 2.67. The lowest BCUT2D eigenvalue weighted by atomic mass is 9.94. The van der Waals surface area contributed by atoms with E-state index in [-0.39, 0.29) is 0 Å². The van der Waals surface area contributed by atoms with E-state index in [1.54, 1.807) is 6.33 Å². The number of nitrogens with one attached hydrogen (secondary N) is 1. The van der Waals surface area contributed by atoms with Crippen molar-refractivity contribution in [3.8, 4) is 17.3 Å². The third-order valence-corrected chi connectivity index (χ3v) is 5.06. The molecule has 1 atom stereocenters. The molecule has 1 aliphatic carbocycles. The van der Waals surface area contributed by atoms with Crippen molar-refractivity contribution in [1.29, 1.82) is 5.26 Å². The van der Waals surface area contributed by atoms with Gasteiger partial charge in [0.15, 0.2) is 0 Å². The Morgan fingerprint density at radius 2 is 2.21 bits per heavy atom. The average Bonchev–Trinajstić information content (AvgIpc) is 3.36. The lowest BCUT2D eigenvalue weighted by molar-refractivity contribution is 0.295. The molecular formula is C18H20N6.